The molecule has 0 radical (unpaired) electrons. The molecule has 0 saturated carbocycles. The zero-order valence-corrected chi connectivity index (χ0v) is 18.5. The molecule has 2 rings (SSSR count). The first-order valence-corrected chi connectivity index (χ1v) is 11.4. The molecule has 0 heterocycles. The van der Waals surface area contributed by atoms with Crippen molar-refractivity contribution in [2.45, 2.75) is 51.1 Å². The maximum atomic E-state index is 12.8. The number of sulfonamides is 1. The monoisotopic (exact) mass is 416 g/mol. The molecule has 0 fully saturated rings. The van der Waals surface area contributed by atoms with Gasteiger partial charge in [0.25, 0.3) is 0 Å². The summed E-state index contributed by atoms with van der Waals surface area (Å²) in [4.78, 5) is 4.85. The number of guanidine groups is 1. The molecule has 29 heavy (non-hydrogen) atoms. The molecule has 7 heteroatoms. The Bertz CT molecular complexity index is 904. The third-order valence-electron chi connectivity index (χ3n) is 4.00. The van der Waals surface area contributed by atoms with Gasteiger partial charge in [-0.3, -0.25) is 0 Å². The summed E-state index contributed by atoms with van der Waals surface area (Å²) < 4.78 is 28.3. The van der Waals surface area contributed by atoms with E-state index in [1.54, 1.807) is 18.2 Å². The molecule has 0 amide bonds. The summed E-state index contributed by atoms with van der Waals surface area (Å²) in [6.07, 6.45) is 0.881. The number of rotatable bonds is 8. The molecule has 2 aromatic rings. The van der Waals surface area contributed by atoms with E-state index in [4.69, 9.17) is 0 Å². The molecule has 2 aromatic carbocycles. The molecule has 0 atom stereocenters. The first kappa shape index (κ1) is 22.9. The van der Waals surface area contributed by atoms with E-state index in [9.17, 15) is 8.42 Å². The van der Waals surface area contributed by atoms with Gasteiger partial charge in [-0.15, -0.1) is 0 Å². The van der Waals surface area contributed by atoms with Gasteiger partial charge in [0.1, 0.15) is 0 Å². The quantitative estimate of drug-likeness (QED) is 0.456. The zero-order chi connectivity index (χ0) is 21.3. The second-order valence-corrected chi connectivity index (χ2v) is 9.47. The fraction of sp³-hybridized carbons (Fsp3) is 0.409. The standard InChI is InChI=1S/C22H32N4O2S/c1-5-23-21(24-16-15-18-11-7-6-8-12-18)25-17-19-13-9-10-14-20(19)29(27,28)26-22(2,3)4/h6-14,26H,5,15-17H2,1-4H3,(H2,23,24,25). The Kier molecular flexibility index (Phi) is 8.22. The normalized spacial score (nSPS) is 12.6. The highest BCUT2D eigenvalue weighted by Gasteiger charge is 2.24. The zero-order valence-electron chi connectivity index (χ0n) is 17.7. The Morgan fingerprint density at radius 2 is 1.62 bits per heavy atom. The van der Waals surface area contributed by atoms with Crippen molar-refractivity contribution < 1.29 is 8.42 Å². The number of nitrogens with zero attached hydrogens (tertiary/aromatic N) is 1. The minimum absolute atomic E-state index is 0.263. The van der Waals surface area contributed by atoms with Crippen LogP contribution in [0.25, 0.3) is 0 Å². The van der Waals surface area contributed by atoms with Crippen molar-refractivity contribution in [3.05, 3.63) is 65.7 Å². The van der Waals surface area contributed by atoms with Crippen LogP contribution >= 0.6 is 0 Å². The van der Waals surface area contributed by atoms with Gasteiger partial charge in [-0.05, 0) is 51.3 Å². The lowest BCUT2D eigenvalue weighted by Gasteiger charge is -2.21. The first-order valence-electron chi connectivity index (χ1n) is 9.89. The van der Waals surface area contributed by atoms with Gasteiger partial charge in [0.15, 0.2) is 5.96 Å². The molecule has 0 spiro atoms. The summed E-state index contributed by atoms with van der Waals surface area (Å²) in [5.41, 5.74) is 1.36. The highest BCUT2D eigenvalue weighted by Crippen LogP contribution is 2.18. The van der Waals surface area contributed by atoms with Crippen LogP contribution in [0.5, 0.6) is 0 Å². The van der Waals surface area contributed by atoms with E-state index in [2.05, 4.69) is 32.5 Å². The van der Waals surface area contributed by atoms with Gasteiger partial charge in [0.05, 0.1) is 11.4 Å². The SMILES string of the molecule is CCNC(=NCc1ccccc1S(=O)(=O)NC(C)(C)C)NCCc1ccccc1. The lowest BCUT2D eigenvalue weighted by atomic mass is 10.1. The van der Waals surface area contributed by atoms with Gasteiger partial charge in [0.2, 0.25) is 10.0 Å². The van der Waals surface area contributed by atoms with Crippen LogP contribution in [0.1, 0.15) is 38.8 Å². The molecule has 0 aromatic heterocycles. The van der Waals surface area contributed by atoms with Gasteiger partial charge in [0, 0.05) is 18.6 Å². The summed E-state index contributed by atoms with van der Waals surface area (Å²) >= 11 is 0. The van der Waals surface area contributed by atoms with Gasteiger partial charge in [-0.25, -0.2) is 18.1 Å². The molecule has 158 valence electrons. The van der Waals surface area contributed by atoms with Crippen molar-refractivity contribution in [2.24, 2.45) is 4.99 Å². The van der Waals surface area contributed by atoms with Crippen molar-refractivity contribution in [1.29, 1.82) is 0 Å². The molecule has 0 saturated heterocycles. The van der Waals surface area contributed by atoms with Crippen molar-refractivity contribution in [3.63, 3.8) is 0 Å². The summed E-state index contributed by atoms with van der Waals surface area (Å²) in [6, 6.07) is 17.2. The smallest absolute Gasteiger partial charge is 0.241 e. The Balaban J connectivity index is 2.10. The maximum Gasteiger partial charge on any atom is 0.241 e. The van der Waals surface area contributed by atoms with E-state index in [0.717, 1.165) is 19.5 Å². The Morgan fingerprint density at radius 1 is 0.966 bits per heavy atom. The van der Waals surface area contributed by atoms with Crippen molar-refractivity contribution in [3.8, 4) is 0 Å². The van der Waals surface area contributed by atoms with E-state index in [1.165, 1.54) is 5.56 Å². The van der Waals surface area contributed by atoms with Crippen molar-refractivity contribution >= 4 is 16.0 Å². The number of hydrogen-bond donors (Lipinski definition) is 3. The van der Waals surface area contributed by atoms with Crippen LogP contribution in [0.15, 0.2) is 64.5 Å². The molecule has 0 bridgehead atoms. The van der Waals surface area contributed by atoms with Crippen LogP contribution in [0, 0.1) is 0 Å². The lowest BCUT2D eigenvalue weighted by molar-refractivity contribution is 0.491. The van der Waals surface area contributed by atoms with Gasteiger partial charge < -0.3 is 10.6 Å². The van der Waals surface area contributed by atoms with E-state index in [-0.39, 0.29) is 11.4 Å². The van der Waals surface area contributed by atoms with E-state index >= 15 is 0 Å². The molecule has 3 N–H and O–H groups in total. The molecule has 0 aliphatic rings. The average molecular weight is 417 g/mol. The molecular weight excluding hydrogens is 384 g/mol. The fourth-order valence-corrected chi connectivity index (χ4v) is 4.48. The van der Waals surface area contributed by atoms with Gasteiger partial charge in [-0.2, -0.15) is 0 Å². The summed E-state index contributed by atoms with van der Waals surface area (Å²) in [6.45, 7) is 9.20. The summed E-state index contributed by atoms with van der Waals surface area (Å²) in [7, 11) is -3.62. The van der Waals surface area contributed by atoms with Crippen molar-refractivity contribution in [2.75, 3.05) is 13.1 Å². The highest BCUT2D eigenvalue weighted by atomic mass is 32.2. The molecule has 6 nitrogen and oxygen atoms in total. The molecular formula is C22H32N4O2S. The van der Waals surface area contributed by atoms with E-state index < -0.39 is 15.6 Å². The minimum atomic E-state index is -3.62. The number of hydrogen-bond acceptors (Lipinski definition) is 3. The Labute approximate surface area is 174 Å². The van der Waals surface area contributed by atoms with Crippen LogP contribution < -0.4 is 15.4 Å². The number of benzene rings is 2. The summed E-state index contributed by atoms with van der Waals surface area (Å²) in [5, 5.41) is 6.52. The van der Waals surface area contributed by atoms with Crippen molar-refractivity contribution in [1.82, 2.24) is 15.4 Å². The lowest BCUT2D eigenvalue weighted by Crippen LogP contribution is -2.41. The maximum absolute atomic E-state index is 12.8. The second kappa shape index (κ2) is 10.4. The molecule has 0 unspecified atom stereocenters. The highest BCUT2D eigenvalue weighted by molar-refractivity contribution is 7.89. The third kappa shape index (κ3) is 7.87. The predicted molar refractivity (Wildman–Crippen MR) is 119 cm³/mol. The largest absolute Gasteiger partial charge is 0.357 e. The second-order valence-electron chi connectivity index (χ2n) is 7.82. The van der Waals surface area contributed by atoms with Gasteiger partial charge >= 0.3 is 0 Å². The van der Waals surface area contributed by atoms with Crippen LogP contribution in [-0.4, -0.2) is 33.0 Å². The van der Waals surface area contributed by atoms with Crippen LogP contribution in [0.4, 0.5) is 0 Å². The van der Waals surface area contributed by atoms with Crippen LogP contribution in [0.2, 0.25) is 0 Å². The first-order chi connectivity index (χ1) is 13.7. The van der Waals surface area contributed by atoms with Crippen LogP contribution in [-0.2, 0) is 23.0 Å². The topological polar surface area (TPSA) is 82.6 Å². The number of aliphatic imine (C=N–C) groups is 1. The van der Waals surface area contributed by atoms with Gasteiger partial charge in [-0.1, -0.05) is 48.5 Å². The number of nitrogens with one attached hydrogen (secondary N) is 3. The Morgan fingerprint density at radius 3 is 2.28 bits per heavy atom. The molecule has 0 aliphatic carbocycles. The minimum Gasteiger partial charge on any atom is -0.357 e. The third-order valence-corrected chi connectivity index (χ3v) is 5.86. The van der Waals surface area contributed by atoms with E-state index in [0.29, 0.717) is 11.5 Å². The average Bonchev–Trinajstić information content (AvgIpc) is 2.65. The predicted octanol–water partition coefficient (Wildman–Crippen LogP) is 3.06. The van der Waals surface area contributed by atoms with E-state index in [1.807, 2.05) is 52.0 Å². The molecule has 0 aliphatic heterocycles. The Hall–Kier alpha value is -2.38. The van der Waals surface area contributed by atoms with Crippen LogP contribution in [0.3, 0.4) is 0 Å². The fourth-order valence-electron chi connectivity index (χ4n) is 2.83. The summed E-state index contributed by atoms with van der Waals surface area (Å²) in [5.74, 6) is 0.666.